The molecule has 0 aromatic heterocycles. The second-order valence-electron chi connectivity index (χ2n) is 5.97. The third kappa shape index (κ3) is 6.80. The first-order valence-electron chi connectivity index (χ1n) is 8.47. The number of nitrogens with two attached hydrogens (primary N) is 2. The fraction of sp³-hybridized carbons (Fsp3) is 0. The number of benzene rings is 3. The van der Waals surface area contributed by atoms with Crippen LogP contribution in [0.4, 0.5) is 5.69 Å². The summed E-state index contributed by atoms with van der Waals surface area (Å²) in [5.74, 6) is 1.42. The Kier molecular flexibility index (Phi) is 9.35. The summed E-state index contributed by atoms with van der Waals surface area (Å²) in [6.45, 7) is 0. The molecule has 0 saturated heterocycles. The Balaban J connectivity index is 0.00000225. The van der Waals surface area contributed by atoms with E-state index in [1.54, 1.807) is 42.6 Å². The lowest BCUT2D eigenvalue weighted by Gasteiger charge is -2.07. The lowest BCUT2D eigenvalue weighted by atomic mass is 10.2. The number of rotatable bonds is 7. The van der Waals surface area contributed by atoms with Gasteiger partial charge >= 0.3 is 0 Å². The van der Waals surface area contributed by atoms with Crippen LogP contribution in [-0.4, -0.2) is 17.9 Å². The van der Waals surface area contributed by atoms with Crippen LogP contribution in [0.2, 0.25) is 0 Å². The van der Waals surface area contributed by atoms with Gasteiger partial charge < -0.3 is 16.2 Å². The van der Waals surface area contributed by atoms with E-state index >= 15 is 0 Å². The summed E-state index contributed by atoms with van der Waals surface area (Å²) >= 11 is 0. The van der Waals surface area contributed by atoms with E-state index in [1.165, 1.54) is 0 Å². The minimum atomic E-state index is 0. The minimum absolute atomic E-state index is 0. The highest BCUT2D eigenvalue weighted by Crippen LogP contribution is 2.21. The van der Waals surface area contributed by atoms with Gasteiger partial charge in [-0.05, 0) is 78.4 Å². The molecule has 0 saturated carbocycles. The van der Waals surface area contributed by atoms with Crippen molar-refractivity contribution in [3.8, 4) is 11.5 Å². The summed E-state index contributed by atoms with van der Waals surface area (Å²) in [5.41, 5.74) is 16.8. The van der Waals surface area contributed by atoms with E-state index < -0.39 is 0 Å². The summed E-state index contributed by atoms with van der Waals surface area (Å²) in [4.78, 5) is 0. The molecule has 0 spiro atoms. The lowest BCUT2D eigenvalue weighted by molar-refractivity contribution is 0.482. The number of hydrogen-bond donors (Lipinski definition) is 5. The molecule has 30 heavy (non-hydrogen) atoms. The largest absolute Gasteiger partial charge is 0.457 e. The van der Waals surface area contributed by atoms with Gasteiger partial charge in [0.1, 0.15) is 23.2 Å². The van der Waals surface area contributed by atoms with Gasteiger partial charge in [-0.1, -0.05) is 0 Å². The average Bonchev–Trinajstić information content (AvgIpc) is 2.70. The maximum absolute atomic E-state index is 7.39. The van der Waals surface area contributed by atoms with Gasteiger partial charge in [0.05, 0.1) is 11.9 Å². The third-order valence-electron chi connectivity index (χ3n) is 3.88. The molecule has 0 unspecified atom stereocenters. The molecule has 0 heterocycles. The molecule has 0 amide bonds. The van der Waals surface area contributed by atoms with E-state index in [-0.39, 0.29) is 36.5 Å². The first kappa shape index (κ1) is 24.5. The summed E-state index contributed by atoms with van der Waals surface area (Å²) < 4.78 is 5.77. The molecule has 156 valence electrons. The van der Waals surface area contributed by atoms with Gasteiger partial charge in [0, 0.05) is 11.1 Å². The smallest absolute Gasteiger partial charge is 0.127 e. The van der Waals surface area contributed by atoms with Crippen LogP contribution in [0.15, 0.2) is 77.9 Å². The van der Waals surface area contributed by atoms with Crippen molar-refractivity contribution in [3.05, 3.63) is 89.5 Å². The second kappa shape index (κ2) is 11.5. The molecular formula is C21H22Cl2N6O. The molecule has 7 N–H and O–H groups in total. The second-order valence-corrected chi connectivity index (χ2v) is 5.97. The normalized spacial score (nSPS) is 9.87. The zero-order valence-corrected chi connectivity index (χ0v) is 17.5. The van der Waals surface area contributed by atoms with E-state index in [2.05, 4.69) is 10.5 Å². The topological polar surface area (TPSA) is 133 Å². The monoisotopic (exact) mass is 444 g/mol. The van der Waals surface area contributed by atoms with Crippen molar-refractivity contribution >= 4 is 48.4 Å². The number of anilines is 1. The number of nitrogen functional groups attached to an aromatic ring is 2. The molecular weight excluding hydrogens is 423 g/mol. The van der Waals surface area contributed by atoms with Crippen molar-refractivity contribution in [3.63, 3.8) is 0 Å². The highest BCUT2D eigenvalue weighted by Gasteiger charge is 2.00. The predicted octanol–water partition coefficient (Wildman–Crippen LogP) is 4.34. The molecule has 3 aromatic carbocycles. The van der Waals surface area contributed by atoms with Gasteiger partial charge in [0.25, 0.3) is 0 Å². The van der Waals surface area contributed by atoms with Crippen LogP contribution in [0.25, 0.3) is 0 Å². The van der Waals surface area contributed by atoms with Crippen molar-refractivity contribution in [2.24, 2.45) is 16.6 Å². The molecule has 7 nitrogen and oxygen atoms in total. The summed E-state index contributed by atoms with van der Waals surface area (Å²) in [7, 11) is 0. The van der Waals surface area contributed by atoms with Crippen LogP contribution in [0.5, 0.6) is 11.5 Å². The number of hydrogen-bond acceptors (Lipinski definition) is 5. The van der Waals surface area contributed by atoms with Crippen molar-refractivity contribution in [2.75, 3.05) is 5.43 Å². The summed E-state index contributed by atoms with van der Waals surface area (Å²) in [6, 6.07) is 21.6. The predicted molar refractivity (Wildman–Crippen MR) is 127 cm³/mol. The fourth-order valence-corrected chi connectivity index (χ4v) is 2.37. The third-order valence-corrected chi connectivity index (χ3v) is 3.88. The van der Waals surface area contributed by atoms with Crippen LogP contribution < -0.4 is 21.6 Å². The standard InChI is InChI=1S/C21H20N6O.2ClH/c22-20(23)15-3-7-17(8-4-15)27-26-13-14-1-9-18(10-2-14)28-19-11-5-16(6-12-19)21(24)25;;/h1-13,27H,(H3,22,23)(H3,24,25);2*1H/b26-13-;;. The average molecular weight is 445 g/mol. The molecule has 3 rings (SSSR count). The molecule has 0 fully saturated rings. The van der Waals surface area contributed by atoms with E-state index in [1.807, 2.05) is 36.4 Å². The quantitative estimate of drug-likeness (QED) is 0.210. The van der Waals surface area contributed by atoms with Gasteiger partial charge in [-0.2, -0.15) is 5.10 Å². The Morgan fingerprint density at radius 2 is 1.17 bits per heavy atom. The number of hydrazone groups is 1. The Bertz CT molecular complexity index is 1000. The lowest BCUT2D eigenvalue weighted by Crippen LogP contribution is -2.10. The number of ether oxygens (including phenoxy) is 1. The molecule has 0 bridgehead atoms. The van der Waals surface area contributed by atoms with Crippen molar-refractivity contribution < 1.29 is 4.74 Å². The van der Waals surface area contributed by atoms with Crippen molar-refractivity contribution in [2.45, 2.75) is 0 Å². The van der Waals surface area contributed by atoms with Crippen LogP contribution >= 0.6 is 24.8 Å². The van der Waals surface area contributed by atoms with E-state index in [0.29, 0.717) is 22.6 Å². The van der Waals surface area contributed by atoms with E-state index in [4.69, 9.17) is 27.0 Å². The highest BCUT2D eigenvalue weighted by molar-refractivity contribution is 5.95. The molecule has 0 aliphatic rings. The van der Waals surface area contributed by atoms with Crippen LogP contribution in [0.3, 0.4) is 0 Å². The maximum atomic E-state index is 7.39. The molecule has 0 aliphatic heterocycles. The first-order valence-corrected chi connectivity index (χ1v) is 8.47. The maximum Gasteiger partial charge on any atom is 0.127 e. The molecule has 0 atom stereocenters. The number of nitrogens with one attached hydrogen (secondary N) is 3. The van der Waals surface area contributed by atoms with Gasteiger partial charge in [0.15, 0.2) is 0 Å². The molecule has 0 radical (unpaired) electrons. The van der Waals surface area contributed by atoms with Gasteiger partial charge in [-0.3, -0.25) is 16.2 Å². The van der Waals surface area contributed by atoms with Gasteiger partial charge in [0.2, 0.25) is 0 Å². The first-order chi connectivity index (χ1) is 13.5. The van der Waals surface area contributed by atoms with E-state index in [0.717, 1.165) is 11.3 Å². The summed E-state index contributed by atoms with van der Waals surface area (Å²) in [5, 5.41) is 19.0. The fourth-order valence-electron chi connectivity index (χ4n) is 2.37. The van der Waals surface area contributed by atoms with Crippen LogP contribution in [0, 0.1) is 10.8 Å². The van der Waals surface area contributed by atoms with Gasteiger partial charge in [-0.15, -0.1) is 24.8 Å². The Hall–Kier alpha value is -3.55. The Morgan fingerprint density at radius 1 is 0.733 bits per heavy atom. The Labute approximate surface area is 187 Å². The molecule has 0 aliphatic carbocycles. The highest BCUT2D eigenvalue weighted by atomic mass is 35.5. The minimum Gasteiger partial charge on any atom is -0.457 e. The van der Waals surface area contributed by atoms with Crippen molar-refractivity contribution in [1.82, 2.24) is 0 Å². The Morgan fingerprint density at radius 3 is 1.63 bits per heavy atom. The zero-order valence-electron chi connectivity index (χ0n) is 15.8. The van der Waals surface area contributed by atoms with Crippen molar-refractivity contribution in [1.29, 1.82) is 10.8 Å². The summed E-state index contributed by atoms with van der Waals surface area (Å²) in [6.07, 6.45) is 1.70. The van der Waals surface area contributed by atoms with Crippen LogP contribution in [-0.2, 0) is 0 Å². The number of nitrogens with zero attached hydrogens (tertiary/aromatic N) is 1. The zero-order chi connectivity index (χ0) is 19.9. The molecule has 3 aromatic rings. The molecule has 9 heteroatoms. The van der Waals surface area contributed by atoms with Crippen LogP contribution in [0.1, 0.15) is 16.7 Å². The van der Waals surface area contributed by atoms with Gasteiger partial charge in [-0.25, -0.2) is 0 Å². The SMILES string of the molecule is Cl.Cl.N=C(N)c1ccc(N/N=C\c2ccc(Oc3ccc(C(=N)N)cc3)cc2)cc1. The number of halogens is 2. The number of amidine groups is 2. The van der Waals surface area contributed by atoms with E-state index in [9.17, 15) is 0 Å².